The first-order valence-corrected chi connectivity index (χ1v) is 9.75. The largest absolute Gasteiger partial charge is 0.491 e. The highest BCUT2D eigenvalue weighted by Gasteiger charge is 2.16. The maximum atomic E-state index is 12.2. The predicted octanol–water partition coefficient (Wildman–Crippen LogP) is 2.18. The maximum absolute atomic E-state index is 12.2. The molecule has 0 aromatic heterocycles. The average Bonchev–Trinajstić information content (AvgIpc) is 2.53. The van der Waals surface area contributed by atoms with Crippen molar-refractivity contribution in [3.05, 3.63) is 24.3 Å². The molecule has 0 fully saturated rings. The van der Waals surface area contributed by atoms with Gasteiger partial charge in [0.05, 0.1) is 16.8 Å². The third-order valence-corrected chi connectivity index (χ3v) is 4.98. The van der Waals surface area contributed by atoms with Crippen molar-refractivity contribution in [2.75, 3.05) is 26.0 Å². The van der Waals surface area contributed by atoms with E-state index in [1.54, 1.807) is 19.2 Å². The third kappa shape index (κ3) is 7.79. The molecule has 1 rings (SSSR count). The van der Waals surface area contributed by atoms with Crippen LogP contribution in [0.25, 0.3) is 0 Å². The Morgan fingerprint density at radius 2 is 1.83 bits per heavy atom. The molecular weight excluding hydrogens is 330 g/mol. The SMILES string of the molecule is COCCCCNC(=O)CCS(=O)(=O)c1ccc(OC(C)C)cc1. The monoisotopic (exact) mass is 357 g/mol. The van der Waals surface area contributed by atoms with Crippen molar-refractivity contribution in [2.45, 2.75) is 44.1 Å². The number of ether oxygens (including phenoxy) is 2. The molecule has 1 aromatic rings. The lowest BCUT2D eigenvalue weighted by atomic mass is 10.3. The van der Waals surface area contributed by atoms with Gasteiger partial charge in [0.1, 0.15) is 5.75 Å². The number of sulfone groups is 1. The van der Waals surface area contributed by atoms with E-state index in [1.807, 2.05) is 13.8 Å². The summed E-state index contributed by atoms with van der Waals surface area (Å²) in [6.45, 7) is 4.99. The molecular formula is C17H27NO5S. The zero-order valence-corrected chi connectivity index (χ0v) is 15.4. The van der Waals surface area contributed by atoms with Crippen molar-refractivity contribution in [3.8, 4) is 5.75 Å². The van der Waals surface area contributed by atoms with Crippen LogP contribution < -0.4 is 10.1 Å². The molecule has 7 heteroatoms. The van der Waals surface area contributed by atoms with Gasteiger partial charge in [0.2, 0.25) is 5.91 Å². The van der Waals surface area contributed by atoms with Gasteiger partial charge in [0.15, 0.2) is 9.84 Å². The van der Waals surface area contributed by atoms with Crippen LogP contribution in [-0.4, -0.2) is 46.4 Å². The van der Waals surface area contributed by atoms with Crippen LogP contribution in [0.1, 0.15) is 33.1 Å². The summed E-state index contributed by atoms with van der Waals surface area (Å²) in [5.74, 6) is 0.162. The molecule has 0 aliphatic rings. The van der Waals surface area contributed by atoms with Gasteiger partial charge in [-0.1, -0.05) is 0 Å². The van der Waals surface area contributed by atoms with Crippen LogP contribution in [0.4, 0.5) is 0 Å². The molecule has 0 heterocycles. The Balaban J connectivity index is 2.44. The first kappa shape index (κ1) is 20.4. The first-order chi connectivity index (χ1) is 11.3. The number of methoxy groups -OCH3 is 1. The molecule has 0 spiro atoms. The lowest BCUT2D eigenvalue weighted by Crippen LogP contribution is -2.26. The summed E-state index contributed by atoms with van der Waals surface area (Å²) in [7, 11) is -1.85. The smallest absolute Gasteiger partial charge is 0.221 e. The minimum Gasteiger partial charge on any atom is -0.491 e. The minimum absolute atomic E-state index is 0.0278. The summed E-state index contributed by atoms with van der Waals surface area (Å²) in [4.78, 5) is 11.9. The van der Waals surface area contributed by atoms with E-state index < -0.39 is 9.84 Å². The summed E-state index contributed by atoms with van der Waals surface area (Å²) >= 11 is 0. The lowest BCUT2D eigenvalue weighted by molar-refractivity contribution is -0.120. The van der Waals surface area contributed by atoms with Gasteiger partial charge in [-0.3, -0.25) is 4.79 Å². The molecule has 0 radical (unpaired) electrons. The first-order valence-electron chi connectivity index (χ1n) is 8.10. The van der Waals surface area contributed by atoms with Crippen molar-refractivity contribution < 1.29 is 22.7 Å². The number of unbranched alkanes of at least 4 members (excludes halogenated alkanes) is 1. The Hall–Kier alpha value is -1.60. The van der Waals surface area contributed by atoms with Gasteiger partial charge in [0, 0.05) is 26.7 Å². The molecule has 136 valence electrons. The maximum Gasteiger partial charge on any atom is 0.221 e. The molecule has 1 N–H and O–H groups in total. The molecule has 0 aliphatic carbocycles. The lowest BCUT2D eigenvalue weighted by Gasteiger charge is -2.10. The molecule has 0 saturated heterocycles. The molecule has 6 nitrogen and oxygen atoms in total. The van der Waals surface area contributed by atoms with Crippen LogP contribution in [0.5, 0.6) is 5.75 Å². The molecule has 0 bridgehead atoms. The van der Waals surface area contributed by atoms with Gasteiger partial charge < -0.3 is 14.8 Å². The normalized spacial score (nSPS) is 11.5. The Labute approximate surface area is 144 Å². The van der Waals surface area contributed by atoms with Gasteiger partial charge in [-0.25, -0.2) is 8.42 Å². The summed E-state index contributed by atoms with van der Waals surface area (Å²) in [5.41, 5.74) is 0. The molecule has 0 aliphatic heterocycles. The van der Waals surface area contributed by atoms with E-state index in [9.17, 15) is 13.2 Å². The molecule has 1 aromatic carbocycles. The second-order valence-electron chi connectivity index (χ2n) is 5.76. The summed E-state index contributed by atoms with van der Waals surface area (Å²) in [5, 5.41) is 2.72. The number of hydrogen-bond donors (Lipinski definition) is 1. The number of rotatable bonds is 11. The molecule has 0 saturated carbocycles. The quantitative estimate of drug-likeness (QED) is 0.614. The van der Waals surface area contributed by atoms with E-state index in [4.69, 9.17) is 9.47 Å². The number of carbonyl (C=O) groups is 1. The number of nitrogens with one attached hydrogen (secondary N) is 1. The molecule has 1 amide bonds. The second-order valence-corrected chi connectivity index (χ2v) is 7.87. The highest BCUT2D eigenvalue weighted by molar-refractivity contribution is 7.91. The van der Waals surface area contributed by atoms with Crippen molar-refractivity contribution in [3.63, 3.8) is 0 Å². The Morgan fingerprint density at radius 1 is 1.17 bits per heavy atom. The second kappa shape index (κ2) is 10.3. The molecule has 24 heavy (non-hydrogen) atoms. The van der Waals surface area contributed by atoms with E-state index in [0.29, 0.717) is 18.9 Å². The van der Waals surface area contributed by atoms with Crippen molar-refractivity contribution in [2.24, 2.45) is 0 Å². The van der Waals surface area contributed by atoms with Gasteiger partial charge in [-0.05, 0) is 51.0 Å². The van der Waals surface area contributed by atoms with Gasteiger partial charge in [-0.15, -0.1) is 0 Å². The Morgan fingerprint density at radius 3 is 2.42 bits per heavy atom. The number of benzene rings is 1. The van der Waals surface area contributed by atoms with Crippen LogP contribution in [0.15, 0.2) is 29.2 Å². The van der Waals surface area contributed by atoms with E-state index in [0.717, 1.165) is 12.8 Å². The summed E-state index contributed by atoms with van der Waals surface area (Å²) in [6, 6.07) is 6.27. The number of amides is 1. The Bertz CT molecular complexity index is 596. The standard InChI is InChI=1S/C17H27NO5S/c1-14(2)23-15-6-8-16(9-7-15)24(20,21)13-10-17(19)18-11-4-5-12-22-3/h6-9,14H,4-5,10-13H2,1-3H3,(H,18,19). The van der Waals surface area contributed by atoms with E-state index >= 15 is 0 Å². The van der Waals surface area contributed by atoms with Crippen LogP contribution in [0.2, 0.25) is 0 Å². The van der Waals surface area contributed by atoms with Crippen LogP contribution in [0.3, 0.4) is 0 Å². The Kier molecular flexibility index (Phi) is 8.78. The van der Waals surface area contributed by atoms with E-state index in [-0.39, 0.29) is 29.1 Å². The van der Waals surface area contributed by atoms with Crippen molar-refractivity contribution in [1.82, 2.24) is 5.32 Å². The van der Waals surface area contributed by atoms with Crippen LogP contribution >= 0.6 is 0 Å². The molecule has 0 unspecified atom stereocenters. The topological polar surface area (TPSA) is 81.7 Å². The third-order valence-electron chi connectivity index (χ3n) is 3.25. The summed E-state index contributed by atoms with van der Waals surface area (Å²) < 4.78 is 34.9. The van der Waals surface area contributed by atoms with Crippen LogP contribution in [0, 0.1) is 0 Å². The number of carbonyl (C=O) groups excluding carboxylic acids is 1. The van der Waals surface area contributed by atoms with Gasteiger partial charge in [0.25, 0.3) is 0 Å². The minimum atomic E-state index is -3.48. The predicted molar refractivity (Wildman–Crippen MR) is 93.0 cm³/mol. The van der Waals surface area contributed by atoms with E-state index in [1.165, 1.54) is 12.1 Å². The van der Waals surface area contributed by atoms with E-state index in [2.05, 4.69) is 5.32 Å². The highest BCUT2D eigenvalue weighted by atomic mass is 32.2. The fourth-order valence-corrected chi connectivity index (χ4v) is 3.27. The van der Waals surface area contributed by atoms with Crippen molar-refractivity contribution >= 4 is 15.7 Å². The summed E-state index contributed by atoms with van der Waals surface area (Å²) in [6.07, 6.45) is 1.65. The van der Waals surface area contributed by atoms with Gasteiger partial charge >= 0.3 is 0 Å². The van der Waals surface area contributed by atoms with Crippen LogP contribution in [-0.2, 0) is 19.4 Å². The number of hydrogen-bond acceptors (Lipinski definition) is 5. The zero-order chi connectivity index (χ0) is 18.0. The fourth-order valence-electron chi connectivity index (χ4n) is 2.03. The highest BCUT2D eigenvalue weighted by Crippen LogP contribution is 2.18. The van der Waals surface area contributed by atoms with Crippen molar-refractivity contribution in [1.29, 1.82) is 0 Å². The van der Waals surface area contributed by atoms with Gasteiger partial charge in [-0.2, -0.15) is 0 Å². The fraction of sp³-hybridized carbons (Fsp3) is 0.588. The zero-order valence-electron chi connectivity index (χ0n) is 14.6. The average molecular weight is 357 g/mol. The molecule has 0 atom stereocenters.